The summed E-state index contributed by atoms with van der Waals surface area (Å²) in [6, 6.07) is 16.9. The number of aryl methyl sites for hydroxylation is 1. The SMILES string of the molecule is CN=C(C)/C(=N/Nc1ccc(C)cc1)C(=O)c1ccccc1. The van der Waals surface area contributed by atoms with Crippen LogP contribution in [0.4, 0.5) is 5.69 Å². The molecule has 0 bridgehead atoms. The maximum absolute atomic E-state index is 12.6. The van der Waals surface area contributed by atoms with Gasteiger partial charge in [-0.1, -0.05) is 48.0 Å². The van der Waals surface area contributed by atoms with E-state index in [1.54, 1.807) is 26.1 Å². The third-order valence-electron chi connectivity index (χ3n) is 3.28. The Kier molecular flexibility index (Phi) is 5.20. The molecule has 2 aromatic carbocycles. The van der Waals surface area contributed by atoms with Crippen LogP contribution in [-0.2, 0) is 0 Å². The van der Waals surface area contributed by atoms with Gasteiger partial charge < -0.3 is 0 Å². The van der Waals surface area contributed by atoms with Crippen LogP contribution in [0.25, 0.3) is 0 Å². The number of hydrogen-bond donors (Lipinski definition) is 1. The highest BCUT2D eigenvalue weighted by Crippen LogP contribution is 2.09. The third-order valence-corrected chi connectivity index (χ3v) is 3.28. The van der Waals surface area contributed by atoms with Crippen molar-refractivity contribution in [1.29, 1.82) is 0 Å². The van der Waals surface area contributed by atoms with Crippen LogP contribution in [0.1, 0.15) is 22.8 Å². The number of rotatable bonds is 5. The van der Waals surface area contributed by atoms with E-state index in [2.05, 4.69) is 15.5 Å². The molecule has 2 rings (SSSR count). The number of anilines is 1. The average Bonchev–Trinajstić information content (AvgIpc) is 2.57. The van der Waals surface area contributed by atoms with Crippen molar-refractivity contribution >= 4 is 22.9 Å². The highest BCUT2D eigenvalue weighted by atomic mass is 16.1. The van der Waals surface area contributed by atoms with Crippen LogP contribution in [0.5, 0.6) is 0 Å². The van der Waals surface area contributed by atoms with Gasteiger partial charge in [-0.3, -0.25) is 15.2 Å². The molecule has 0 spiro atoms. The lowest BCUT2D eigenvalue weighted by molar-refractivity contribution is 0.106. The summed E-state index contributed by atoms with van der Waals surface area (Å²) in [6.45, 7) is 3.79. The molecule has 0 radical (unpaired) electrons. The first-order chi connectivity index (χ1) is 10.6. The maximum atomic E-state index is 12.6. The van der Waals surface area contributed by atoms with Crippen LogP contribution < -0.4 is 5.43 Å². The fraction of sp³-hybridized carbons (Fsp3) is 0.167. The summed E-state index contributed by atoms with van der Waals surface area (Å²) in [7, 11) is 1.65. The van der Waals surface area contributed by atoms with Crippen LogP contribution >= 0.6 is 0 Å². The Morgan fingerprint density at radius 2 is 1.64 bits per heavy atom. The Morgan fingerprint density at radius 3 is 2.23 bits per heavy atom. The lowest BCUT2D eigenvalue weighted by atomic mass is 10.0. The molecule has 0 atom stereocenters. The summed E-state index contributed by atoms with van der Waals surface area (Å²) >= 11 is 0. The second-order valence-corrected chi connectivity index (χ2v) is 4.94. The van der Waals surface area contributed by atoms with Crippen molar-refractivity contribution < 1.29 is 4.79 Å². The molecule has 4 heteroatoms. The quantitative estimate of drug-likeness (QED) is 0.519. The Morgan fingerprint density at radius 1 is 1.00 bits per heavy atom. The van der Waals surface area contributed by atoms with Gasteiger partial charge in [0.1, 0.15) is 0 Å². The second-order valence-electron chi connectivity index (χ2n) is 4.94. The van der Waals surface area contributed by atoms with Crippen LogP contribution in [0.2, 0.25) is 0 Å². The van der Waals surface area contributed by atoms with Gasteiger partial charge in [0.25, 0.3) is 0 Å². The van der Waals surface area contributed by atoms with E-state index in [4.69, 9.17) is 0 Å². The molecule has 0 heterocycles. The fourth-order valence-corrected chi connectivity index (χ4v) is 1.88. The molecule has 4 nitrogen and oxygen atoms in total. The second kappa shape index (κ2) is 7.31. The maximum Gasteiger partial charge on any atom is 0.215 e. The number of nitrogens with zero attached hydrogens (tertiary/aromatic N) is 2. The highest BCUT2D eigenvalue weighted by molar-refractivity contribution is 6.70. The first-order valence-corrected chi connectivity index (χ1v) is 7.05. The Labute approximate surface area is 130 Å². The number of carbonyl (C=O) groups excluding carboxylic acids is 1. The Hall–Kier alpha value is -2.75. The molecule has 0 aliphatic heterocycles. The summed E-state index contributed by atoms with van der Waals surface area (Å²) in [5.41, 5.74) is 6.42. The first kappa shape index (κ1) is 15.6. The number of aliphatic imine (C=N–C) groups is 1. The van der Waals surface area contributed by atoms with Crippen molar-refractivity contribution in [2.24, 2.45) is 10.1 Å². The monoisotopic (exact) mass is 293 g/mol. The van der Waals surface area contributed by atoms with Gasteiger partial charge in [-0.15, -0.1) is 0 Å². The van der Waals surface area contributed by atoms with E-state index >= 15 is 0 Å². The Bertz CT molecular complexity index is 701. The van der Waals surface area contributed by atoms with E-state index in [0.717, 1.165) is 5.69 Å². The predicted molar refractivity (Wildman–Crippen MR) is 92.0 cm³/mol. The van der Waals surface area contributed by atoms with Gasteiger partial charge in [0.2, 0.25) is 5.78 Å². The zero-order valence-electron chi connectivity index (χ0n) is 13.0. The molecular weight excluding hydrogens is 274 g/mol. The topological polar surface area (TPSA) is 53.8 Å². The van der Waals surface area contributed by atoms with Gasteiger partial charge >= 0.3 is 0 Å². The van der Waals surface area contributed by atoms with E-state index < -0.39 is 0 Å². The van der Waals surface area contributed by atoms with Crippen molar-refractivity contribution in [2.75, 3.05) is 12.5 Å². The summed E-state index contributed by atoms with van der Waals surface area (Å²) < 4.78 is 0. The van der Waals surface area contributed by atoms with Crippen LogP contribution in [-0.4, -0.2) is 24.3 Å². The van der Waals surface area contributed by atoms with E-state index in [-0.39, 0.29) is 5.78 Å². The molecule has 2 aromatic rings. The standard InChI is InChI=1S/C18H19N3O/c1-13-9-11-16(12-10-13)20-21-17(14(2)19-3)18(22)15-7-5-4-6-8-15/h4-12,20H,1-3H3/b19-14?,21-17-. The van der Waals surface area contributed by atoms with E-state index in [1.165, 1.54) is 5.56 Å². The minimum atomic E-state index is -0.150. The molecule has 22 heavy (non-hydrogen) atoms. The number of ketones is 1. The Balaban J connectivity index is 2.28. The molecule has 0 aliphatic rings. The van der Waals surface area contributed by atoms with E-state index in [9.17, 15) is 4.79 Å². The van der Waals surface area contributed by atoms with Gasteiger partial charge in [0.05, 0.1) is 11.4 Å². The van der Waals surface area contributed by atoms with E-state index in [0.29, 0.717) is 17.0 Å². The summed E-state index contributed by atoms with van der Waals surface area (Å²) in [5, 5.41) is 4.26. The average molecular weight is 293 g/mol. The van der Waals surface area contributed by atoms with Crippen molar-refractivity contribution in [3.05, 3.63) is 65.7 Å². The molecule has 0 fully saturated rings. The molecule has 0 unspecified atom stereocenters. The third kappa shape index (κ3) is 3.88. The molecule has 112 valence electrons. The minimum absolute atomic E-state index is 0.150. The molecule has 0 saturated carbocycles. The van der Waals surface area contributed by atoms with Crippen LogP contribution in [0.15, 0.2) is 64.7 Å². The first-order valence-electron chi connectivity index (χ1n) is 7.05. The van der Waals surface area contributed by atoms with Crippen molar-refractivity contribution in [1.82, 2.24) is 0 Å². The van der Waals surface area contributed by atoms with E-state index in [1.807, 2.05) is 49.4 Å². The van der Waals surface area contributed by atoms with Gasteiger partial charge in [-0.2, -0.15) is 5.10 Å². The smallest absolute Gasteiger partial charge is 0.215 e. The largest absolute Gasteiger partial charge is 0.291 e. The van der Waals surface area contributed by atoms with Gasteiger partial charge in [-0.25, -0.2) is 0 Å². The van der Waals surface area contributed by atoms with Gasteiger partial charge in [-0.05, 0) is 26.0 Å². The highest BCUT2D eigenvalue weighted by Gasteiger charge is 2.16. The summed E-state index contributed by atoms with van der Waals surface area (Å²) in [5.74, 6) is -0.150. The fourth-order valence-electron chi connectivity index (χ4n) is 1.88. The van der Waals surface area contributed by atoms with Crippen molar-refractivity contribution in [3.63, 3.8) is 0 Å². The lowest BCUT2D eigenvalue weighted by Gasteiger charge is -2.07. The summed E-state index contributed by atoms with van der Waals surface area (Å²) in [6.07, 6.45) is 0. The van der Waals surface area contributed by atoms with Crippen LogP contribution in [0, 0.1) is 6.92 Å². The molecular formula is C18H19N3O. The lowest BCUT2D eigenvalue weighted by Crippen LogP contribution is -2.23. The number of benzene rings is 2. The zero-order valence-corrected chi connectivity index (χ0v) is 13.0. The molecule has 1 N–H and O–H groups in total. The number of carbonyl (C=O) groups is 1. The van der Waals surface area contributed by atoms with Gasteiger partial charge in [0.15, 0.2) is 5.71 Å². The normalized spacial score (nSPS) is 12.1. The van der Waals surface area contributed by atoms with Crippen molar-refractivity contribution in [3.8, 4) is 0 Å². The minimum Gasteiger partial charge on any atom is -0.291 e. The summed E-state index contributed by atoms with van der Waals surface area (Å²) in [4.78, 5) is 16.7. The molecule has 0 aliphatic carbocycles. The number of hydrazone groups is 1. The number of nitrogens with one attached hydrogen (secondary N) is 1. The molecule has 0 aromatic heterocycles. The molecule has 0 saturated heterocycles. The molecule has 0 amide bonds. The van der Waals surface area contributed by atoms with Crippen LogP contribution in [0.3, 0.4) is 0 Å². The number of Topliss-reactive ketones (excluding diaryl/α,β-unsaturated/α-hetero) is 1. The number of hydrogen-bond acceptors (Lipinski definition) is 4. The zero-order chi connectivity index (χ0) is 15.9. The van der Waals surface area contributed by atoms with Crippen molar-refractivity contribution in [2.45, 2.75) is 13.8 Å². The predicted octanol–water partition coefficient (Wildman–Crippen LogP) is 3.74. The van der Waals surface area contributed by atoms with Gasteiger partial charge in [0, 0.05) is 12.6 Å².